The van der Waals surface area contributed by atoms with Crippen molar-refractivity contribution in [3.05, 3.63) is 0 Å². The van der Waals surface area contributed by atoms with Crippen molar-refractivity contribution in [1.82, 2.24) is 0 Å². The Labute approximate surface area is 46.9 Å². The van der Waals surface area contributed by atoms with Crippen molar-refractivity contribution in [2.75, 3.05) is 6.61 Å². The Balaban J connectivity index is 3.32. The van der Waals surface area contributed by atoms with Gasteiger partial charge in [0.15, 0.2) is 0 Å². The highest BCUT2D eigenvalue weighted by atomic mass is 16.3. The highest BCUT2D eigenvalue weighted by Crippen LogP contribution is 1.85. The van der Waals surface area contributed by atoms with Gasteiger partial charge < -0.3 is 15.9 Å². The van der Waals surface area contributed by atoms with Crippen LogP contribution in [0.25, 0.3) is 0 Å². The minimum absolute atomic E-state index is 0.0231. The summed E-state index contributed by atoms with van der Waals surface area (Å²) in [5.41, 5.74) is 4.62. The van der Waals surface area contributed by atoms with Gasteiger partial charge in [0.05, 0.1) is 0 Å². The predicted molar refractivity (Wildman–Crippen MR) is 26.9 cm³/mol. The number of rotatable bonds is 3. The molecule has 0 aliphatic heterocycles. The van der Waals surface area contributed by atoms with Crippen LogP contribution in [0.1, 0.15) is 6.42 Å². The van der Waals surface area contributed by atoms with Gasteiger partial charge in [-0.05, 0) is 0 Å². The van der Waals surface area contributed by atoms with Crippen molar-refractivity contribution in [3.8, 4) is 0 Å². The average molecular weight is 119 g/mol. The maximum Gasteiger partial charge on any atom is 0.246 e. The van der Waals surface area contributed by atoms with Crippen LogP contribution in [-0.2, 0) is 4.79 Å². The van der Waals surface area contributed by atoms with Crippen molar-refractivity contribution in [3.63, 3.8) is 0 Å². The molecule has 8 heavy (non-hydrogen) atoms. The van der Waals surface area contributed by atoms with Crippen LogP contribution < -0.4 is 5.73 Å². The van der Waals surface area contributed by atoms with Gasteiger partial charge in [-0.25, -0.2) is 0 Å². The van der Waals surface area contributed by atoms with Gasteiger partial charge in [0.2, 0.25) is 5.91 Å². The van der Waals surface area contributed by atoms with E-state index in [0.29, 0.717) is 0 Å². The summed E-state index contributed by atoms with van der Waals surface area (Å²) in [6.07, 6.45) is -1.17. The molecule has 48 valence electrons. The summed E-state index contributed by atoms with van der Waals surface area (Å²) < 4.78 is 0. The summed E-state index contributed by atoms with van der Waals surface area (Å²) in [4.78, 5) is 9.95. The highest BCUT2D eigenvalue weighted by Gasteiger charge is 2.07. The summed E-state index contributed by atoms with van der Waals surface area (Å²) >= 11 is 0. The molecular weight excluding hydrogens is 110 g/mol. The molecule has 0 radical (unpaired) electrons. The SMILES string of the molecule is NC(=O)[C@@H](O)CCO. The van der Waals surface area contributed by atoms with Gasteiger partial charge in [0.1, 0.15) is 6.10 Å². The average Bonchev–Trinajstić information content (AvgIpc) is 1.67. The number of aliphatic hydroxyl groups is 2. The van der Waals surface area contributed by atoms with Crippen molar-refractivity contribution in [1.29, 1.82) is 0 Å². The molecule has 0 unspecified atom stereocenters. The zero-order chi connectivity index (χ0) is 6.57. The van der Waals surface area contributed by atoms with E-state index in [-0.39, 0.29) is 13.0 Å². The van der Waals surface area contributed by atoms with Gasteiger partial charge >= 0.3 is 0 Å². The van der Waals surface area contributed by atoms with Crippen molar-refractivity contribution < 1.29 is 15.0 Å². The summed E-state index contributed by atoms with van der Waals surface area (Å²) in [6.45, 7) is -0.218. The Bertz CT molecular complexity index is 83.4. The lowest BCUT2D eigenvalue weighted by molar-refractivity contribution is -0.126. The van der Waals surface area contributed by atoms with E-state index in [1.807, 2.05) is 0 Å². The summed E-state index contributed by atoms with van der Waals surface area (Å²) in [5.74, 6) is -0.793. The molecule has 0 aliphatic rings. The van der Waals surface area contributed by atoms with E-state index in [4.69, 9.17) is 10.2 Å². The first-order valence-corrected chi connectivity index (χ1v) is 2.26. The molecule has 0 aromatic rings. The van der Waals surface area contributed by atoms with Crippen molar-refractivity contribution >= 4 is 5.91 Å². The number of amides is 1. The Morgan fingerprint density at radius 3 is 2.38 bits per heavy atom. The molecule has 0 aromatic carbocycles. The number of carbonyl (C=O) groups is 1. The first kappa shape index (κ1) is 7.39. The molecule has 1 atom stereocenters. The van der Waals surface area contributed by atoms with Crippen molar-refractivity contribution in [2.24, 2.45) is 5.73 Å². The van der Waals surface area contributed by atoms with Crippen LogP contribution in [0.2, 0.25) is 0 Å². The fraction of sp³-hybridized carbons (Fsp3) is 0.750. The van der Waals surface area contributed by atoms with E-state index in [2.05, 4.69) is 5.73 Å². The molecule has 0 aromatic heterocycles. The van der Waals surface area contributed by atoms with Gasteiger partial charge in [0.25, 0.3) is 0 Å². The normalized spacial score (nSPS) is 13.2. The number of hydrogen-bond donors (Lipinski definition) is 3. The van der Waals surface area contributed by atoms with Crippen LogP contribution in [-0.4, -0.2) is 28.8 Å². The second kappa shape index (κ2) is 3.40. The zero-order valence-electron chi connectivity index (χ0n) is 4.37. The zero-order valence-corrected chi connectivity index (χ0v) is 4.37. The van der Waals surface area contributed by atoms with Gasteiger partial charge in [0, 0.05) is 13.0 Å². The lowest BCUT2D eigenvalue weighted by Crippen LogP contribution is -2.28. The van der Waals surface area contributed by atoms with Gasteiger partial charge in [-0.2, -0.15) is 0 Å². The maximum atomic E-state index is 9.95. The first-order valence-electron chi connectivity index (χ1n) is 2.26. The second-order valence-corrected chi connectivity index (χ2v) is 1.43. The smallest absolute Gasteiger partial charge is 0.246 e. The molecule has 0 heterocycles. The van der Waals surface area contributed by atoms with Crippen molar-refractivity contribution in [2.45, 2.75) is 12.5 Å². The molecule has 4 nitrogen and oxygen atoms in total. The fourth-order valence-electron chi connectivity index (χ4n) is 0.265. The molecule has 0 aliphatic carbocycles. The number of primary amides is 1. The standard InChI is InChI=1S/C4H9NO3/c5-4(8)3(7)1-2-6/h3,6-7H,1-2H2,(H2,5,8)/t3-/m0/s1. The molecule has 0 fully saturated rings. The molecule has 0 spiro atoms. The molecular formula is C4H9NO3. The highest BCUT2D eigenvalue weighted by molar-refractivity contribution is 5.78. The summed E-state index contributed by atoms with van der Waals surface area (Å²) in [7, 11) is 0. The molecule has 0 saturated carbocycles. The quantitative estimate of drug-likeness (QED) is 0.410. The number of hydrogen-bond acceptors (Lipinski definition) is 3. The van der Waals surface area contributed by atoms with Crippen LogP contribution in [0.5, 0.6) is 0 Å². The van der Waals surface area contributed by atoms with E-state index < -0.39 is 12.0 Å². The summed E-state index contributed by atoms with van der Waals surface area (Å²) in [6, 6.07) is 0. The van der Waals surface area contributed by atoms with Crippen LogP contribution in [0.3, 0.4) is 0 Å². The first-order chi connectivity index (χ1) is 3.68. The van der Waals surface area contributed by atoms with E-state index in [0.717, 1.165) is 0 Å². The number of carbonyl (C=O) groups excluding carboxylic acids is 1. The van der Waals surface area contributed by atoms with E-state index in [1.165, 1.54) is 0 Å². The number of aliphatic hydroxyl groups excluding tert-OH is 2. The number of nitrogens with two attached hydrogens (primary N) is 1. The lowest BCUT2D eigenvalue weighted by atomic mass is 10.2. The molecule has 0 bridgehead atoms. The second-order valence-electron chi connectivity index (χ2n) is 1.43. The minimum Gasteiger partial charge on any atom is -0.396 e. The van der Waals surface area contributed by atoms with Crippen LogP contribution in [0.4, 0.5) is 0 Å². The minimum atomic E-state index is -1.19. The maximum absolute atomic E-state index is 9.95. The fourth-order valence-corrected chi connectivity index (χ4v) is 0.265. The molecule has 0 saturated heterocycles. The predicted octanol–water partition coefficient (Wildman–Crippen LogP) is -1.79. The third-order valence-corrected chi connectivity index (χ3v) is 0.731. The van der Waals surface area contributed by atoms with Gasteiger partial charge in [-0.3, -0.25) is 4.79 Å². The third-order valence-electron chi connectivity index (χ3n) is 0.731. The topological polar surface area (TPSA) is 83.6 Å². The van der Waals surface area contributed by atoms with Crippen LogP contribution in [0, 0.1) is 0 Å². The molecule has 4 heteroatoms. The van der Waals surface area contributed by atoms with Crippen LogP contribution in [0.15, 0.2) is 0 Å². The van der Waals surface area contributed by atoms with E-state index in [9.17, 15) is 4.79 Å². The Kier molecular flexibility index (Phi) is 3.14. The van der Waals surface area contributed by atoms with E-state index >= 15 is 0 Å². The summed E-state index contributed by atoms with van der Waals surface area (Å²) in [5, 5.41) is 16.6. The third kappa shape index (κ3) is 2.54. The van der Waals surface area contributed by atoms with Gasteiger partial charge in [-0.15, -0.1) is 0 Å². The molecule has 4 N–H and O–H groups in total. The lowest BCUT2D eigenvalue weighted by Gasteiger charge is -2.00. The molecule has 1 amide bonds. The largest absolute Gasteiger partial charge is 0.396 e. The Hall–Kier alpha value is -0.610. The Morgan fingerprint density at radius 2 is 2.25 bits per heavy atom. The van der Waals surface area contributed by atoms with Gasteiger partial charge in [-0.1, -0.05) is 0 Å². The Morgan fingerprint density at radius 1 is 1.75 bits per heavy atom. The van der Waals surface area contributed by atoms with Crippen LogP contribution >= 0.6 is 0 Å². The monoisotopic (exact) mass is 119 g/mol. The van der Waals surface area contributed by atoms with E-state index in [1.54, 1.807) is 0 Å². The molecule has 0 rings (SSSR count).